The van der Waals surface area contributed by atoms with E-state index in [0.29, 0.717) is 4.60 Å². The molecular formula is C3H2BrN2NaO2S. The quantitative estimate of drug-likeness (QED) is 0.427. The van der Waals surface area contributed by atoms with Crippen molar-refractivity contribution in [2.75, 3.05) is 0 Å². The van der Waals surface area contributed by atoms with Crippen molar-refractivity contribution in [3.05, 3.63) is 10.9 Å². The Bertz CT molecular complexity index is 240. The molecule has 7 heteroatoms. The summed E-state index contributed by atoms with van der Waals surface area (Å²) in [5, 5.41) is 0.0787. The predicted octanol–water partition coefficient (Wildman–Crippen LogP) is -2.59. The number of aromatic nitrogens is 2. The van der Waals surface area contributed by atoms with Crippen LogP contribution in [-0.4, -0.2) is 18.7 Å². The first-order valence-corrected chi connectivity index (χ1v) is 3.86. The zero-order valence-corrected chi connectivity index (χ0v) is 9.53. The van der Waals surface area contributed by atoms with E-state index in [2.05, 4.69) is 25.9 Å². The Morgan fingerprint density at radius 3 is 2.60 bits per heavy atom. The van der Waals surface area contributed by atoms with Crippen molar-refractivity contribution in [1.82, 2.24) is 9.97 Å². The molecule has 1 aromatic heterocycles. The molecule has 1 atom stereocenters. The maximum absolute atomic E-state index is 10.2. The van der Waals surface area contributed by atoms with Crippen molar-refractivity contribution in [3.63, 3.8) is 0 Å². The van der Waals surface area contributed by atoms with Gasteiger partial charge >= 0.3 is 29.6 Å². The van der Waals surface area contributed by atoms with Crippen LogP contribution in [0.15, 0.2) is 16.0 Å². The fraction of sp³-hybridized carbons (Fsp3) is 0. The van der Waals surface area contributed by atoms with Crippen LogP contribution in [-0.2, 0) is 11.1 Å². The summed E-state index contributed by atoms with van der Waals surface area (Å²) in [6, 6.07) is 0. The normalized spacial score (nSPS) is 12.2. The van der Waals surface area contributed by atoms with Gasteiger partial charge in [-0.05, 0) is 27.0 Å². The van der Waals surface area contributed by atoms with Crippen molar-refractivity contribution in [3.8, 4) is 0 Å². The van der Waals surface area contributed by atoms with Crippen LogP contribution in [0.4, 0.5) is 0 Å². The molecule has 1 N–H and O–H groups in total. The Labute approximate surface area is 90.5 Å². The number of nitrogens with zero attached hydrogens (tertiary/aromatic N) is 1. The molecule has 1 aromatic rings. The van der Waals surface area contributed by atoms with E-state index >= 15 is 0 Å². The minimum absolute atomic E-state index is 0. The van der Waals surface area contributed by atoms with Crippen LogP contribution in [0.25, 0.3) is 0 Å². The Morgan fingerprint density at radius 1 is 1.80 bits per heavy atom. The number of hydrogen-bond acceptors (Lipinski definition) is 3. The average Bonchev–Trinajstić information content (AvgIpc) is 2.13. The Morgan fingerprint density at radius 2 is 2.40 bits per heavy atom. The molecule has 50 valence electrons. The van der Waals surface area contributed by atoms with Gasteiger partial charge in [-0.2, -0.15) is 0 Å². The molecule has 0 amide bonds. The first-order chi connectivity index (χ1) is 4.22. The van der Waals surface area contributed by atoms with Crippen molar-refractivity contribution < 1.29 is 38.3 Å². The summed E-state index contributed by atoms with van der Waals surface area (Å²) in [6.45, 7) is 0. The van der Waals surface area contributed by atoms with Gasteiger partial charge in [-0.3, -0.25) is 4.21 Å². The van der Waals surface area contributed by atoms with E-state index in [0.717, 1.165) is 0 Å². The number of rotatable bonds is 1. The summed E-state index contributed by atoms with van der Waals surface area (Å²) in [5.41, 5.74) is 0. The Hall–Kier alpha value is 0.800. The summed E-state index contributed by atoms with van der Waals surface area (Å²) in [6.07, 6.45) is 1.30. The Balaban J connectivity index is 0.000000810. The van der Waals surface area contributed by atoms with Crippen molar-refractivity contribution >= 4 is 27.0 Å². The van der Waals surface area contributed by atoms with Crippen molar-refractivity contribution in [2.24, 2.45) is 0 Å². The minimum Gasteiger partial charge on any atom is -0.767 e. The van der Waals surface area contributed by atoms with E-state index in [1.807, 2.05) is 0 Å². The second-order valence-electron chi connectivity index (χ2n) is 1.26. The molecule has 1 heterocycles. The smallest absolute Gasteiger partial charge is 0.767 e. The number of halogens is 1. The third-order valence-corrected chi connectivity index (χ3v) is 2.24. The molecule has 0 radical (unpaired) electrons. The zero-order valence-electron chi connectivity index (χ0n) is 5.13. The van der Waals surface area contributed by atoms with Gasteiger partial charge in [0, 0.05) is 0 Å². The van der Waals surface area contributed by atoms with Crippen LogP contribution in [0.1, 0.15) is 0 Å². The number of nitrogens with one attached hydrogen (secondary N) is 1. The molecule has 0 aliphatic heterocycles. The minimum atomic E-state index is -2.22. The third kappa shape index (κ3) is 2.44. The molecule has 10 heavy (non-hydrogen) atoms. The molecule has 1 unspecified atom stereocenters. The number of imidazole rings is 1. The van der Waals surface area contributed by atoms with E-state index in [-0.39, 0.29) is 34.6 Å². The van der Waals surface area contributed by atoms with Crippen LogP contribution in [0.2, 0.25) is 0 Å². The van der Waals surface area contributed by atoms with Gasteiger partial charge in [0.2, 0.25) is 0 Å². The van der Waals surface area contributed by atoms with Gasteiger partial charge in [0.05, 0.1) is 6.33 Å². The maximum atomic E-state index is 10.2. The molecule has 0 aliphatic rings. The molecule has 0 spiro atoms. The zero-order chi connectivity index (χ0) is 6.85. The van der Waals surface area contributed by atoms with Gasteiger partial charge in [-0.1, -0.05) is 0 Å². The van der Waals surface area contributed by atoms with Crippen LogP contribution >= 0.6 is 15.9 Å². The molecule has 0 fully saturated rings. The molecule has 0 saturated heterocycles. The number of H-pyrrole nitrogens is 1. The average molecular weight is 233 g/mol. The molecule has 0 aromatic carbocycles. The first kappa shape index (κ1) is 10.8. The van der Waals surface area contributed by atoms with E-state index in [4.69, 9.17) is 0 Å². The fourth-order valence-electron chi connectivity index (χ4n) is 0.383. The summed E-state index contributed by atoms with van der Waals surface area (Å²) in [7, 11) is 0. The fourth-order valence-corrected chi connectivity index (χ4v) is 1.34. The van der Waals surface area contributed by atoms with Crippen molar-refractivity contribution in [1.29, 1.82) is 0 Å². The van der Waals surface area contributed by atoms with Crippen LogP contribution < -0.4 is 29.6 Å². The van der Waals surface area contributed by atoms with Gasteiger partial charge in [0.1, 0.15) is 9.63 Å². The molecule has 0 bridgehead atoms. The SMILES string of the molecule is O=S([O-])c1[nH]cnc1Br.[Na+]. The maximum Gasteiger partial charge on any atom is 1.00 e. The van der Waals surface area contributed by atoms with Gasteiger partial charge in [0.15, 0.2) is 0 Å². The summed E-state index contributed by atoms with van der Waals surface area (Å²) < 4.78 is 20.7. The van der Waals surface area contributed by atoms with Gasteiger partial charge in [-0.25, -0.2) is 4.98 Å². The monoisotopic (exact) mass is 232 g/mol. The largest absolute Gasteiger partial charge is 1.00 e. The van der Waals surface area contributed by atoms with Gasteiger partial charge in [0.25, 0.3) is 0 Å². The molecule has 1 rings (SSSR count). The molecule has 0 aliphatic carbocycles. The third-order valence-electron chi connectivity index (χ3n) is 0.728. The summed E-state index contributed by atoms with van der Waals surface area (Å²) in [5.74, 6) is 0. The second kappa shape index (κ2) is 4.63. The number of hydrogen-bond donors (Lipinski definition) is 1. The van der Waals surface area contributed by atoms with Crippen LogP contribution in [0, 0.1) is 0 Å². The topological polar surface area (TPSA) is 68.8 Å². The molecule has 0 saturated carbocycles. The predicted molar refractivity (Wildman–Crippen MR) is 33.5 cm³/mol. The van der Waals surface area contributed by atoms with Crippen molar-refractivity contribution in [2.45, 2.75) is 5.03 Å². The van der Waals surface area contributed by atoms with Crippen LogP contribution in [0.3, 0.4) is 0 Å². The van der Waals surface area contributed by atoms with E-state index < -0.39 is 11.1 Å². The van der Waals surface area contributed by atoms with E-state index in [1.54, 1.807) is 0 Å². The summed E-state index contributed by atoms with van der Waals surface area (Å²) >= 11 is 0.707. The number of aromatic amines is 1. The van der Waals surface area contributed by atoms with Gasteiger partial charge < -0.3 is 9.54 Å². The Kier molecular flexibility index (Phi) is 5.00. The standard InChI is InChI=1S/C3H3BrN2O2S.Na/c4-2-3(9(7)8)6-1-5-2;/h1H,(H,5,6)(H,7,8);/q;+1/p-1. The molecule has 4 nitrogen and oxygen atoms in total. The summed E-state index contributed by atoms with van der Waals surface area (Å²) in [4.78, 5) is 6.04. The molecular weight excluding hydrogens is 231 g/mol. The van der Waals surface area contributed by atoms with E-state index in [1.165, 1.54) is 6.33 Å². The van der Waals surface area contributed by atoms with Crippen LogP contribution in [0.5, 0.6) is 0 Å². The first-order valence-electron chi connectivity index (χ1n) is 2.00. The van der Waals surface area contributed by atoms with Gasteiger partial charge in [-0.15, -0.1) is 0 Å². The second-order valence-corrected chi connectivity index (χ2v) is 2.89. The van der Waals surface area contributed by atoms with E-state index in [9.17, 15) is 8.76 Å².